The molecule has 0 rings (SSSR count). The third kappa shape index (κ3) is 8.49. The Hall–Kier alpha value is 0.490. The number of esters is 1. The molecule has 0 heterocycles. The van der Waals surface area contributed by atoms with Crippen LogP contribution in [0.2, 0.25) is 0 Å². The van der Waals surface area contributed by atoms with Gasteiger partial charge >= 0.3 is 47.2 Å². The third-order valence-electron chi connectivity index (χ3n) is 0.617. The molecule has 0 aliphatic heterocycles. The Morgan fingerprint density at radius 1 is 1.67 bits per heavy atom. The predicted octanol–water partition coefficient (Wildman–Crippen LogP) is -0.671. The van der Waals surface area contributed by atoms with E-state index in [1.54, 1.807) is 0 Å². The zero-order valence-corrected chi connectivity index (χ0v) is 5.36. The normalized spacial score (nSPS) is 7.22. The Balaban J connectivity index is 0. The van der Waals surface area contributed by atoms with E-state index < -0.39 is 0 Å². The van der Waals surface area contributed by atoms with Gasteiger partial charge in [0.25, 0.3) is 0 Å². The van der Waals surface area contributed by atoms with E-state index in [2.05, 4.69) is 4.74 Å². The summed E-state index contributed by atoms with van der Waals surface area (Å²) >= 11 is 0.394. The number of carbonyl (C=O) groups excluding carboxylic acids is 1. The van der Waals surface area contributed by atoms with Crippen molar-refractivity contribution in [2.45, 2.75) is 6.42 Å². The van der Waals surface area contributed by atoms with Crippen molar-refractivity contribution in [1.29, 1.82) is 0 Å². The molecule has 0 N–H and O–H groups in total. The van der Waals surface area contributed by atoms with E-state index >= 15 is 0 Å². The third-order valence-corrected chi connectivity index (χ3v) is 0.988. The van der Waals surface area contributed by atoms with Gasteiger partial charge in [0, 0.05) is 4.21 Å². The van der Waals surface area contributed by atoms with Crippen molar-refractivity contribution in [3.05, 3.63) is 0 Å². The summed E-state index contributed by atoms with van der Waals surface area (Å²) in [7, 11) is 1.30. The summed E-state index contributed by atoms with van der Waals surface area (Å²) in [6, 6.07) is 0. The van der Waals surface area contributed by atoms with E-state index in [9.17, 15) is 9.00 Å². The van der Waals surface area contributed by atoms with Crippen molar-refractivity contribution in [1.82, 2.24) is 0 Å². The van der Waals surface area contributed by atoms with Gasteiger partial charge in [-0.1, -0.05) is 0 Å². The fourth-order valence-corrected chi connectivity index (χ4v) is 0.477. The summed E-state index contributed by atoms with van der Waals surface area (Å²) in [5.41, 5.74) is 0. The fraction of sp³-hybridized carbons (Fsp3) is 0.750. The van der Waals surface area contributed by atoms with Crippen LogP contribution in [0.3, 0.4) is 0 Å². The zero-order chi connectivity index (χ0) is 6.41. The van der Waals surface area contributed by atoms with Gasteiger partial charge in [0.2, 0.25) is 5.75 Å². The molecule has 0 aromatic carbocycles. The molecule has 0 aliphatic rings. The van der Waals surface area contributed by atoms with Crippen LogP contribution in [0.15, 0.2) is 0 Å². The number of methoxy groups -OCH3 is 1. The Kier molecular flexibility index (Phi) is 11.5. The van der Waals surface area contributed by atoms with Crippen LogP contribution in [-0.2, 0) is 25.4 Å². The molecule has 0 spiro atoms. The quantitative estimate of drug-likeness (QED) is 0.311. The standard InChI is InChI=1S/C4H7O3S.Na.H/c1-7-4(5)2-3-8-6;;/h2-3H2,1H3;;/q+1;;. The predicted molar refractivity (Wildman–Crippen MR) is 36.7 cm³/mol. The second-order valence-corrected chi connectivity index (χ2v) is 1.79. The zero-order valence-electron chi connectivity index (χ0n) is 4.55. The first-order valence-electron chi connectivity index (χ1n) is 2.13. The molecule has 3 nitrogen and oxygen atoms in total. The van der Waals surface area contributed by atoms with E-state index in [1.165, 1.54) is 7.11 Å². The molecule has 0 radical (unpaired) electrons. The van der Waals surface area contributed by atoms with Crippen LogP contribution in [0.4, 0.5) is 0 Å². The SMILES string of the molecule is COC(=O)CC[S+]=O.[NaH]. The summed E-state index contributed by atoms with van der Waals surface area (Å²) in [5.74, 6) is -0.0273. The first-order chi connectivity index (χ1) is 3.81. The van der Waals surface area contributed by atoms with Gasteiger partial charge in [-0.2, -0.15) is 0 Å². The maximum atomic E-state index is 10.2. The maximum absolute atomic E-state index is 10.2. The molecule has 0 atom stereocenters. The molecule has 0 saturated heterocycles. The monoisotopic (exact) mass is 159 g/mol. The summed E-state index contributed by atoms with van der Waals surface area (Å²) in [4.78, 5) is 10.2. The first kappa shape index (κ1) is 12.2. The van der Waals surface area contributed by atoms with Crippen LogP contribution in [0, 0.1) is 0 Å². The fourth-order valence-electron chi connectivity index (χ4n) is 0.227. The summed E-state index contributed by atoms with van der Waals surface area (Å²) in [6.07, 6.45) is 0.213. The minimum absolute atomic E-state index is 0. The molecule has 0 aromatic heterocycles. The molecule has 0 bridgehead atoms. The van der Waals surface area contributed by atoms with E-state index in [1.807, 2.05) is 0 Å². The molecule has 0 fully saturated rings. The van der Waals surface area contributed by atoms with Gasteiger partial charge in [0.05, 0.1) is 7.11 Å². The summed E-state index contributed by atoms with van der Waals surface area (Å²) in [5, 5.41) is 0. The average molecular weight is 159 g/mol. The minimum atomic E-state index is -0.326. The number of rotatable bonds is 3. The molecule has 48 valence electrons. The van der Waals surface area contributed by atoms with Gasteiger partial charge in [0.15, 0.2) is 0 Å². The number of carbonyl (C=O) groups is 1. The van der Waals surface area contributed by atoms with E-state index in [-0.39, 0.29) is 41.9 Å². The molecule has 9 heavy (non-hydrogen) atoms. The van der Waals surface area contributed by atoms with Crippen LogP contribution in [0.5, 0.6) is 0 Å². The van der Waals surface area contributed by atoms with Crippen molar-refractivity contribution in [2.24, 2.45) is 0 Å². The van der Waals surface area contributed by atoms with Gasteiger partial charge in [-0.25, -0.2) is 0 Å². The molecule has 0 saturated carbocycles. The van der Waals surface area contributed by atoms with Crippen molar-refractivity contribution >= 4 is 47.2 Å². The van der Waals surface area contributed by atoms with Gasteiger partial charge in [-0.15, -0.1) is 0 Å². The second kappa shape index (κ2) is 8.49. The van der Waals surface area contributed by atoms with Crippen LogP contribution >= 0.6 is 0 Å². The Bertz CT molecular complexity index is 95.8. The summed E-state index contributed by atoms with van der Waals surface area (Å²) in [6.45, 7) is 0. The molecule has 5 heteroatoms. The molecular weight excluding hydrogens is 151 g/mol. The van der Waals surface area contributed by atoms with Crippen molar-refractivity contribution in [3.8, 4) is 0 Å². The topological polar surface area (TPSA) is 43.4 Å². The van der Waals surface area contributed by atoms with E-state index in [0.29, 0.717) is 17.4 Å². The molecular formula is C4H8NaO3S+. The van der Waals surface area contributed by atoms with Crippen molar-refractivity contribution in [3.63, 3.8) is 0 Å². The van der Waals surface area contributed by atoms with Crippen LogP contribution in [0.25, 0.3) is 0 Å². The van der Waals surface area contributed by atoms with Gasteiger partial charge in [-0.3, -0.25) is 4.79 Å². The van der Waals surface area contributed by atoms with Gasteiger partial charge < -0.3 is 4.74 Å². The second-order valence-electron chi connectivity index (χ2n) is 1.15. The molecule has 0 unspecified atom stereocenters. The molecule has 0 amide bonds. The number of hydrogen-bond acceptors (Lipinski definition) is 3. The first-order valence-corrected chi connectivity index (χ1v) is 3.04. The van der Waals surface area contributed by atoms with Gasteiger partial charge in [0.1, 0.15) is 6.42 Å². The number of ether oxygens (including phenoxy) is 1. The number of hydrogen-bond donors (Lipinski definition) is 0. The van der Waals surface area contributed by atoms with Crippen LogP contribution < -0.4 is 0 Å². The Morgan fingerprint density at radius 2 is 2.22 bits per heavy atom. The van der Waals surface area contributed by atoms with Crippen LogP contribution in [0.1, 0.15) is 6.42 Å². The summed E-state index contributed by atoms with van der Waals surface area (Å²) < 4.78 is 13.9. The van der Waals surface area contributed by atoms with Crippen molar-refractivity contribution < 1.29 is 13.7 Å². The van der Waals surface area contributed by atoms with E-state index in [0.717, 1.165) is 0 Å². The molecule has 0 aromatic rings. The van der Waals surface area contributed by atoms with Crippen molar-refractivity contribution in [2.75, 3.05) is 12.9 Å². The van der Waals surface area contributed by atoms with E-state index in [4.69, 9.17) is 0 Å². The Morgan fingerprint density at radius 3 is 2.56 bits per heavy atom. The molecule has 0 aliphatic carbocycles. The Labute approximate surface area is 79.9 Å². The van der Waals surface area contributed by atoms with Crippen LogP contribution in [-0.4, -0.2) is 48.4 Å². The van der Waals surface area contributed by atoms with Gasteiger partial charge in [-0.05, 0) is 0 Å². The average Bonchev–Trinajstić information content (AvgIpc) is 1.83.